The van der Waals surface area contributed by atoms with Gasteiger partial charge in [0.2, 0.25) is 0 Å². The summed E-state index contributed by atoms with van der Waals surface area (Å²) in [5.41, 5.74) is 1.77. The predicted octanol–water partition coefficient (Wildman–Crippen LogP) is 4.72. The first-order valence-corrected chi connectivity index (χ1v) is 10.8. The second-order valence-electron chi connectivity index (χ2n) is 6.65. The molecule has 10 heteroatoms. The molecule has 0 radical (unpaired) electrons. The molecule has 0 heterocycles. The van der Waals surface area contributed by atoms with E-state index in [0.29, 0.717) is 15.4 Å². The van der Waals surface area contributed by atoms with Crippen LogP contribution in [-0.2, 0) is 16.0 Å². The fourth-order valence-electron chi connectivity index (χ4n) is 3.19. The van der Waals surface area contributed by atoms with Crippen molar-refractivity contribution >= 4 is 34.7 Å². The molecule has 0 amide bonds. The number of thioether (sulfide) groups is 1. The topological polar surface area (TPSA) is 69.7 Å². The third-order valence-corrected chi connectivity index (χ3v) is 6.27. The van der Waals surface area contributed by atoms with Crippen LogP contribution in [0.15, 0.2) is 41.3 Å². The Morgan fingerprint density at radius 2 is 1.77 bits per heavy atom. The van der Waals surface area contributed by atoms with Gasteiger partial charge < -0.3 is 9.29 Å². The van der Waals surface area contributed by atoms with Gasteiger partial charge in [0, 0.05) is 21.9 Å². The Bertz CT molecular complexity index is 927. The number of halogens is 3. The Morgan fingerprint density at radius 3 is 2.27 bits per heavy atom. The van der Waals surface area contributed by atoms with Gasteiger partial charge in [-0.25, -0.2) is 4.79 Å². The SMILES string of the molecule is COC(=O)c1ccccc1SCC(N(c1c(C)cc(C)cc1C)S(=O)[O-])C(F)(F)F. The molecule has 0 spiro atoms. The number of hydrogen-bond donors (Lipinski definition) is 0. The van der Waals surface area contributed by atoms with E-state index in [0.717, 1.165) is 17.3 Å². The van der Waals surface area contributed by atoms with E-state index >= 15 is 0 Å². The van der Waals surface area contributed by atoms with Crippen molar-refractivity contribution in [1.82, 2.24) is 0 Å². The van der Waals surface area contributed by atoms with Crippen molar-refractivity contribution in [3.05, 3.63) is 58.7 Å². The molecule has 0 fully saturated rings. The molecule has 0 aliphatic rings. The molecular weight excluding hydrogens is 439 g/mol. The van der Waals surface area contributed by atoms with E-state index in [1.54, 1.807) is 45.0 Å². The van der Waals surface area contributed by atoms with Gasteiger partial charge in [-0.05, 0) is 44.0 Å². The lowest BCUT2D eigenvalue weighted by atomic mass is 10.0. The van der Waals surface area contributed by atoms with Gasteiger partial charge >= 0.3 is 12.1 Å². The van der Waals surface area contributed by atoms with E-state index in [4.69, 9.17) is 0 Å². The van der Waals surface area contributed by atoms with Gasteiger partial charge in [0.25, 0.3) is 0 Å². The number of ether oxygens (including phenoxy) is 1. The summed E-state index contributed by atoms with van der Waals surface area (Å²) in [5, 5.41) is 0. The summed E-state index contributed by atoms with van der Waals surface area (Å²) in [6.07, 6.45) is -4.84. The van der Waals surface area contributed by atoms with Crippen LogP contribution < -0.4 is 4.31 Å². The third kappa shape index (κ3) is 5.55. The summed E-state index contributed by atoms with van der Waals surface area (Å²) in [5.74, 6) is -1.32. The molecule has 2 unspecified atom stereocenters. The Morgan fingerprint density at radius 1 is 1.20 bits per heavy atom. The molecule has 2 aromatic carbocycles. The van der Waals surface area contributed by atoms with E-state index in [2.05, 4.69) is 4.74 Å². The lowest BCUT2D eigenvalue weighted by molar-refractivity contribution is -0.140. The van der Waals surface area contributed by atoms with Gasteiger partial charge in [-0.2, -0.15) is 13.2 Å². The number of aryl methyl sites for hydroxylation is 3. The van der Waals surface area contributed by atoms with Gasteiger partial charge in [-0.15, -0.1) is 11.8 Å². The smallest absolute Gasteiger partial charge is 0.410 e. The number of anilines is 1. The highest BCUT2D eigenvalue weighted by Crippen LogP contribution is 2.37. The van der Waals surface area contributed by atoms with Gasteiger partial charge in [-0.3, -0.25) is 8.51 Å². The molecule has 164 valence electrons. The molecule has 0 saturated heterocycles. The number of esters is 1. The highest BCUT2D eigenvalue weighted by molar-refractivity contribution is 7.99. The lowest BCUT2D eigenvalue weighted by Crippen LogP contribution is -2.49. The molecule has 2 atom stereocenters. The molecule has 0 bridgehead atoms. The molecule has 2 rings (SSSR count). The first kappa shape index (κ1) is 24.2. The fourth-order valence-corrected chi connectivity index (χ4v) is 5.28. The second kappa shape index (κ2) is 9.84. The number of methoxy groups -OCH3 is 1. The minimum Gasteiger partial charge on any atom is -0.755 e. The number of alkyl halides is 3. The average molecular weight is 461 g/mol. The zero-order valence-corrected chi connectivity index (χ0v) is 18.4. The molecule has 0 aliphatic heterocycles. The van der Waals surface area contributed by atoms with Crippen LogP contribution in [0.4, 0.5) is 18.9 Å². The number of rotatable bonds is 7. The van der Waals surface area contributed by atoms with Gasteiger partial charge in [-0.1, -0.05) is 29.8 Å². The number of carbonyl (C=O) groups excluding carboxylic acids is 1. The Labute approximate surface area is 180 Å². The summed E-state index contributed by atoms with van der Waals surface area (Å²) in [7, 11) is 1.17. The van der Waals surface area contributed by atoms with E-state index in [1.165, 1.54) is 19.2 Å². The second-order valence-corrected chi connectivity index (χ2v) is 8.54. The minimum atomic E-state index is -4.84. The molecule has 30 heavy (non-hydrogen) atoms. The van der Waals surface area contributed by atoms with Gasteiger partial charge in [0.1, 0.15) is 6.04 Å². The number of hydrogen-bond acceptors (Lipinski definition) is 5. The van der Waals surface area contributed by atoms with E-state index < -0.39 is 35.2 Å². The predicted molar refractivity (Wildman–Crippen MR) is 110 cm³/mol. The van der Waals surface area contributed by atoms with Crippen LogP contribution in [-0.4, -0.2) is 39.8 Å². The highest BCUT2D eigenvalue weighted by atomic mass is 32.2. The van der Waals surface area contributed by atoms with Crippen molar-refractivity contribution < 1.29 is 31.5 Å². The van der Waals surface area contributed by atoms with Crippen molar-refractivity contribution in [2.75, 3.05) is 17.2 Å². The van der Waals surface area contributed by atoms with E-state index in [9.17, 15) is 26.7 Å². The van der Waals surface area contributed by atoms with Crippen LogP contribution >= 0.6 is 11.8 Å². The summed E-state index contributed by atoms with van der Waals surface area (Å²) < 4.78 is 70.8. The molecular formula is C20H21F3NO4S2-. The Hall–Kier alpha value is -2.04. The molecule has 0 N–H and O–H groups in total. The average Bonchev–Trinajstić information content (AvgIpc) is 2.64. The molecule has 0 saturated carbocycles. The van der Waals surface area contributed by atoms with Crippen molar-refractivity contribution in [3.8, 4) is 0 Å². The highest BCUT2D eigenvalue weighted by Gasteiger charge is 2.45. The lowest BCUT2D eigenvalue weighted by Gasteiger charge is -2.37. The number of nitrogens with zero attached hydrogens (tertiary/aromatic N) is 1. The van der Waals surface area contributed by atoms with Crippen LogP contribution in [0.1, 0.15) is 27.0 Å². The standard InChI is InChI=1S/C20H22F3NO4S2/c1-12-9-13(2)18(14(3)10-12)24(30(26)27)17(20(21,22)23)11-29-16-8-6-5-7-15(16)19(25)28-4/h5-10,17H,11H2,1-4H3,(H,26,27)/p-1. The van der Waals surface area contributed by atoms with Crippen molar-refractivity contribution in [2.24, 2.45) is 0 Å². The number of benzene rings is 2. The molecule has 2 aromatic rings. The third-order valence-electron chi connectivity index (χ3n) is 4.37. The molecule has 0 aliphatic carbocycles. The van der Waals surface area contributed by atoms with Crippen LogP contribution in [0.3, 0.4) is 0 Å². The zero-order chi connectivity index (χ0) is 22.6. The largest absolute Gasteiger partial charge is 0.755 e. The van der Waals surface area contributed by atoms with Crippen molar-refractivity contribution in [2.45, 2.75) is 37.9 Å². The van der Waals surface area contributed by atoms with E-state index in [1.807, 2.05) is 0 Å². The van der Waals surface area contributed by atoms with Gasteiger partial charge in [0.15, 0.2) is 0 Å². The van der Waals surface area contributed by atoms with Crippen molar-refractivity contribution in [1.29, 1.82) is 0 Å². The van der Waals surface area contributed by atoms with Crippen LogP contribution in [0, 0.1) is 20.8 Å². The van der Waals surface area contributed by atoms with Crippen molar-refractivity contribution in [3.63, 3.8) is 0 Å². The maximum Gasteiger partial charge on any atom is 0.410 e. The normalized spacial score (nSPS) is 13.6. The Kier molecular flexibility index (Phi) is 7.95. The van der Waals surface area contributed by atoms with Crippen LogP contribution in [0.2, 0.25) is 0 Å². The summed E-state index contributed by atoms with van der Waals surface area (Å²) in [6.45, 7) is 4.92. The first-order chi connectivity index (χ1) is 14.0. The minimum absolute atomic E-state index is 0.00175. The quantitative estimate of drug-likeness (QED) is 0.340. The zero-order valence-electron chi connectivity index (χ0n) is 16.8. The summed E-state index contributed by atoms with van der Waals surface area (Å²) >= 11 is -2.43. The fraction of sp³-hybridized carbons (Fsp3) is 0.350. The first-order valence-electron chi connectivity index (χ1n) is 8.80. The summed E-state index contributed by atoms with van der Waals surface area (Å²) in [4.78, 5) is 12.2. The Balaban J connectivity index is 2.47. The van der Waals surface area contributed by atoms with Crippen LogP contribution in [0.5, 0.6) is 0 Å². The maximum atomic E-state index is 14.0. The maximum absolute atomic E-state index is 14.0. The summed E-state index contributed by atoms with van der Waals surface area (Å²) in [6, 6.07) is 7.02. The molecule has 5 nitrogen and oxygen atoms in total. The van der Waals surface area contributed by atoms with Crippen LogP contribution in [0.25, 0.3) is 0 Å². The number of carbonyl (C=O) groups is 1. The van der Waals surface area contributed by atoms with E-state index in [-0.39, 0.29) is 16.1 Å². The monoisotopic (exact) mass is 460 g/mol. The van der Waals surface area contributed by atoms with Gasteiger partial charge in [0.05, 0.1) is 18.4 Å². The molecule has 0 aromatic heterocycles.